The number of benzene rings is 2. The van der Waals surface area contributed by atoms with Crippen LogP contribution in [-0.2, 0) is 19.9 Å². The van der Waals surface area contributed by atoms with Crippen LogP contribution >= 0.6 is 11.6 Å². The number of imide groups is 1. The van der Waals surface area contributed by atoms with Crippen molar-refractivity contribution in [2.24, 2.45) is 11.8 Å². The minimum absolute atomic E-state index is 0.0301. The zero-order valence-electron chi connectivity index (χ0n) is 15.5. The number of nitrogens with zero attached hydrogens (tertiary/aromatic N) is 1. The van der Waals surface area contributed by atoms with Crippen molar-refractivity contribution in [3.05, 3.63) is 59.1 Å². The number of amides is 3. The summed E-state index contributed by atoms with van der Waals surface area (Å²) in [5.74, 6) is -1.85. The van der Waals surface area contributed by atoms with Gasteiger partial charge in [-0.15, -0.1) is 0 Å². The fourth-order valence-corrected chi connectivity index (χ4v) is 6.47. The highest BCUT2D eigenvalue weighted by Crippen LogP contribution is 2.52. The summed E-state index contributed by atoms with van der Waals surface area (Å²) < 4.78 is 0. The van der Waals surface area contributed by atoms with Crippen molar-refractivity contribution >= 4 is 40.7 Å². The summed E-state index contributed by atoms with van der Waals surface area (Å²) in [6.07, 6.45) is 1.79. The Morgan fingerprint density at radius 1 is 1.07 bits per heavy atom. The van der Waals surface area contributed by atoms with Gasteiger partial charge in [0.25, 0.3) is 5.91 Å². The van der Waals surface area contributed by atoms with Crippen LogP contribution in [0.25, 0.3) is 0 Å². The van der Waals surface area contributed by atoms with Gasteiger partial charge in [0, 0.05) is 23.4 Å². The normalized spacial score (nSPS) is 34.5. The molecule has 4 aliphatic rings. The molecule has 6 nitrogen and oxygen atoms in total. The van der Waals surface area contributed by atoms with Gasteiger partial charge < -0.3 is 10.2 Å². The summed E-state index contributed by atoms with van der Waals surface area (Å²) >= 11 is 6.12. The maximum atomic E-state index is 13.7. The predicted octanol–water partition coefficient (Wildman–Crippen LogP) is 1.35. The molecule has 4 aliphatic heterocycles. The molecule has 0 aliphatic carbocycles. The molecular formula is C22H19ClN3O3+. The van der Waals surface area contributed by atoms with Crippen LogP contribution in [0.5, 0.6) is 0 Å². The van der Waals surface area contributed by atoms with Gasteiger partial charge in [0.1, 0.15) is 17.9 Å². The molecule has 0 bridgehead atoms. The molecule has 3 fully saturated rings. The van der Waals surface area contributed by atoms with Gasteiger partial charge in [0.2, 0.25) is 17.4 Å². The molecule has 5 atom stereocenters. The Bertz CT molecular complexity index is 1100. The number of hydrogen-bond acceptors (Lipinski definition) is 3. The Kier molecular flexibility index (Phi) is 3.36. The maximum Gasteiger partial charge on any atom is 0.291 e. The molecular weight excluding hydrogens is 390 g/mol. The van der Waals surface area contributed by atoms with Crippen LogP contribution in [0.15, 0.2) is 48.5 Å². The van der Waals surface area contributed by atoms with E-state index in [1.807, 2.05) is 24.3 Å². The smallest absolute Gasteiger partial charge is 0.291 e. The van der Waals surface area contributed by atoms with Gasteiger partial charge in [-0.25, -0.2) is 4.90 Å². The van der Waals surface area contributed by atoms with E-state index in [4.69, 9.17) is 11.6 Å². The molecule has 7 heteroatoms. The monoisotopic (exact) mass is 408 g/mol. The SMILES string of the molecule is O=C1[C@H]2[C@@H](C(=O)N1c1cccc(Cl)c1)[C@]1(C(=O)Nc3ccccc31)[NH+]1CCC[C@@H]21. The summed E-state index contributed by atoms with van der Waals surface area (Å²) in [5, 5.41) is 3.46. The van der Waals surface area contributed by atoms with Crippen LogP contribution < -0.4 is 15.1 Å². The van der Waals surface area contributed by atoms with Crippen molar-refractivity contribution < 1.29 is 19.3 Å². The van der Waals surface area contributed by atoms with Crippen molar-refractivity contribution in [2.45, 2.75) is 24.4 Å². The third-order valence-corrected chi connectivity index (χ3v) is 7.43. The summed E-state index contributed by atoms with van der Waals surface area (Å²) in [6, 6.07) is 14.3. The second-order valence-electron chi connectivity index (χ2n) is 8.33. The number of carbonyl (C=O) groups is 3. The summed E-state index contributed by atoms with van der Waals surface area (Å²) in [7, 11) is 0. The van der Waals surface area contributed by atoms with Crippen LogP contribution in [0.4, 0.5) is 11.4 Å². The first kappa shape index (κ1) is 17.2. The number of quaternary nitrogens is 1. The number of rotatable bonds is 1. The number of nitrogens with one attached hydrogen (secondary N) is 2. The number of halogens is 1. The summed E-state index contributed by atoms with van der Waals surface area (Å²) in [5.41, 5.74) is 1.03. The first-order valence-corrected chi connectivity index (χ1v) is 10.3. The number of anilines is 2. The Balaban J connectivity index is 1.56. The number of para-hydroxylation sites is 1. The van der Waals surface area contributed by atoms with Crippen LogP contribution in [0.2, 0.25) is 5.02 Å². The molecule has 2 N–H and O–H groups in total. The molecule has 1 spiro atoms. The highest BCUT2D eigenvalue weighted by atomic mass is 35.5. The lowest BCUT2D eigenvalue weighted by atomic mass is 9.75. The van der Waals surface area contributed by atoms with Gasteiger partial charge in [0.05, 0.1) is 17.9 Å². The van der Waals surface area contributed by atoms with E-state index in [2.05, 4.69) is 5.32 Å². The summed E-state index contributed by atoms with van der Waals surface area (Å²) in [4.78, 5) is 43.0. The van der Waals surface area contributed by atoms with Crippen LogP contribution in [0.3, 0.4) is 0 Å². The molecule has 0 radical (unpaired) electrons. The first-order chi connectivity index (χ1) is 14.0. The molecule has 146 valence electrons. The third-order valence-electron chi connectivity index (χ3n) is 7.19. The zero-order valence-corrected chi connectivity index (χ0v) is 16.3. The standard InChI is InChI=1S/C22H18ClN3O3/c23-12-5-3-6-13(11-12)26-19(27)17-16-9-4-10-25(16)22(18(17)20(26)28)14-7-1-2-8-15(14)24-21(22)29/h1-3,5-8,11,16-18H,4,9-10H2,(H,24,29)/p+1/t16-,17+,18-,22+/m0/s1. The second-order valence-corrected chi connectivity index (χ2v) is 8.76. The lowest BCUT2D eigenvalue weighted by molar-refractivity contribution is -0.948. The van der Waals surface area contributed by atoms with E-state index in [1.165, 1.54) is 4.90 Å². The molecule has 1 unspecified atom stereocenters. The van der Waals surface area contributed by atoms with Crippen LogP contribution in [0, 0.1) is 11.8 Å². The van der Waals surface area contributed by atoms with Gasteiger partial charge in [-0.2, -0.15) is 0 Å². The molecule has 2 aromatic rings. The molecule has 6 rings (SSSR count). The Morgan fingerprint density at radius 2 is 1.90 bits per heavy atom. The number of carbonyl (C=O) groups excluding carboxylic acids is 3. The molecule has 4 heterocycles. The number of fused-ring (bicyclic) bond motifs is 7. The maximum absolute atomic E-state index is 13.7. The van der Waals surface area contributed by atoms with E-state index in [0.717, 1.165) is 35.5 Å². The lowest BCUT2D eigenvalue weighted by Gasteiger charge is -2.33. The highest BCUT2D eigenvalue weighted by molar-refractivity contribution is 6.31. The van der Waals surface area contributed by atoms with Crippen LogP contribution in [0.1, 0.15) is 18.4 Å². The van der Waals surface area contributed by atoms with E-state index in [-0.39, 0.29) is 23.8 Å². The molecule has 29 heavy (non-hydrogen) atoms. The van der Waals surface area contributed by atoms with E-state index in [0.29, 0.717) is 10.7 Å². The van der Waals surface area contributed by atoms with Crippen molar-refractivity contribution in [3.63, 3.8) is 0 Å². The van der Waals surface area contributed by atoms with E-state index in [9.17, 15) is 14.4 Å². The molecule has 2 aromatic carbocycles. The number of hydrogen-bond donors (Lipinski definition) is 2. The average Bonchev–Trinajstić information content (AvgIpc) is 3.40. The van der Waals surface area contributed by atoms with Gasteiger partial charge in [-0.3, -0.25) is 14.4 Å². The average molecular weight is 409 g/mol. The Hall–Kier alpha value is -2.70. The van der Waals surface area contributed by atoms with E-state index >= 15 is 0 Å². The van der Waals surface area contributed by atoms with Crippen molar-refractivity contribution in [1.82, 2.24) is 0 Å². The first-order valence-electron chi connectivity index (χ1n) is 9.95. The fraction of sp³-hybridized carbons (Fsp3) is 0.318. The van der Waals surface area contributed by atoms with E-state index < -0.39 is 17.4 Å². The van der Waals surface area contributed by atoms with Gasteiger partial charge in [0.15, 0.2) is 0 Å². The van der Waals surface area contributed by atoms with Gasteiger partial charge in [-0.1, -0.05) is 35.9 Å². The van der Waals surface area contributed by atoms with Crippen molar-refractivity contribution in [3.8, 4) is 0 Å². The molecule has 0 saturated carbocycles. The molecule has 3 saturated heterocycles. The second kappa shape index (κ2) is 5.68. The van der Waals surface area contributed by atoms with Crippen LogP contribution in [-0.4, -0.2) is 30.3 Å². The van der Waals surface area contributed by atoms with E-state index in [1.54, 1.807) is 24.3 Å². The zero-order chi connectivity index (χ0) is 19.9. The third kappa shape index (κ3) is 1.93. The highest BCUT2D eigenvalue weighted by Gasteiger charge is 2.78. The summed E-state index contributed by atoms with van der Waals surface area (Å²) in [6.45, 7) is 0.789. The molecule has 3 amide bonds. The van der Waals surface area contributed by atoms with Gasteiger partial charge >= 0.3 is 0 Å². The quantitative estimate of drug-likeness (QED) is 0.700. The molecule has 0 aromatic heterocycles. The minimum atomic E-state index is -1.04. The fourth-order valence-electron chi connectivity index (χ4n) is 6.29. The largest absolute Gasteiger partial charge is 0.320 e. The predicted molar refractivity (Wildman–Crippen MR) is 107 cm³/mol. The minimum Gasteiger partial charge on any atom is -0.320 e. The Morgan fingerprint density at radius 3 is 2.72 bits per heavy atom. The van der Waals surface area contributed by atoms with Crippen molar-refractivity contribution in [2.75, 3.05) is 16.8 Å². The lowest BCUT2D eigenvalue weighted by Crippen LogP contribution is -3.19. The van der Waals surface area contributed by atoms with Crippen molar-refractivity contribution in [1.29, 1.82) is 0 Å². The topological polar surface area (TPSA) is 70.9 Å². The van der Waals surface area contributed by atoms with Gasteiger partial charge in [-0.05, 0) is 24.3 Å². The Labute approximate surface area is 172 Å².